The molecule has 0 saturated carbocycles. The minimum absolute atomic E-state index is 0.119. The molecule has 0 spiro atoms. The number of nitrogens with one attached hydrogen (secondary N) is 1. The van der Waals surface area contributed by atoms with Gasteiger partial charge in [0, 0.05) is 16.1 Å². The van der Waals surface area contributed by atoms with Gasteiger partial charge in [-0.15, -0.1) is 0 Å². The van der Waals surface area contributed by atoms with Crippen LogP contribution in [0, 0.1) is 5.82 Å². The average molecular weight is 348 g/mol. The first kappa shape index (κ1) is 14.3. The number of hydrogen-bond donors (Lipinski definition) is 1. The Hall–Kier alpha value is -1.68. The van der Waals surface area contributed by atoms with Gasteiger partial charge in [0.15, 0.2) is 0 Å². The number of halogens is 2. The van der Waals surface area contributed by atoms with Gasteiger partial charge >= 0.3 is 0 Å². The monoisotopic (exact) mass is 347 g/mol. The lowest BCUT2D eigenvalue weighted by Gasteiger charge is -2.26. The van der Waals surface area contributed by atoms with Crippen LogP contribution in [0.1, 0.15) is 27.9 Å². The molecule has 0 aliphatic heterocycles. The van der Waals surface area contributed by atoms with Crippen LogP contribution >= 0.6 is 15.9 Å². The zero-order valence-corrected chi connectivity index (χ0v) is 13.0. The fourth-order valence-electron chi connectivity index (χ4n) is 2.74. The Kier molecular flexibility index (Phi) is 4.06. The summed E-state index contributed by atoms with van der Waals surface area (Å²) in [6.45, 7) is 0. The lowest BCUT2D eigenvalue weighted by atomic mass is 9.88. The smallest absolute Gasteiger partial charge is 0.251 e. The summed E-state index contributed by atoms with van der Waals surface area (Å²) in [5, 5.41) is 3.04. The molecule has 0 unspecified atom stereocenters. The second kappa shape index (κ2) is 5.98. The van der Waals surface area contributed by atoms with Crippen LogP contribution < -0.4 is 5.32 Å². The van der Waals surface area contributed by atoms with Crippen molar-refractivity contribution in [3.8, 4) is 0 Å². The summed E-state index contributed by atoms with van der Waals surface area (Å²) in [4.78, 5) is 12.2. The van der Waals surface area contributed by atoms with Crippen LogP contribution in [-0.4, -0.2) is 11.9 Å². The van der Waals surface area contributed by atoms with E-state index in [2.05, 4.69) is 27.3 Å². The van der Waals surface area contributed by atoms with Gasteiger partial charge in [-0.25, -0.2) is 4.39 Å². The van der Waals surface area contributed by atoms with Crippen LogP contribution in [0.25, 0.3) is 0 Å². The molecule has 2 nitrogen and oxygen atoms in total. The van der Waals surface area contributed by atoms with E-state index in [-0.39, 0.29) is 17.8 Å². The topological polar surface area (TPSA) is 29.1 Å². The number of fused-ring (bicyclic) bond motifs is 1. The SMILES string of the molecule is O=C(N[C@H]1CCc2cccc(Br)c2C1)c1ccc(F)cc1. The first-order valence-corrected chi connectivity index (χ1v) is 7.75. The zero-order chi connectivity index (χ0) is 14.8. The summed E-state index contributed by atoms with van der Waals surface area (Å²) in [5.41, 5.74) is 3.11. The lowest BCUT2D eigenvalue weighted by molar-refractivity contribution is 0.0933. The highest BCUT2D eigenvalue weighted by molar-refractivity contribution is 9.10. The molecule has 21 heavy (non-hydrogen) atoms. The number of carbonyl (C=O) groups is 1. The van der Waals surface area contributed by atoms with E-state index in [0.717, 1.165) is 23.7 Å². The molecule has 0 fully saturated rings. The van der Waals surface area contributed by atoms with Gasteiger partial charge < -0.3 is 5.32 Å². The highest BCUT2D eigenvalue weighted by atomic mass is 79.9. The van der Waals surface area contributed by atoms with Crippen molar-refractivity contribution in [3.63, 3.8) is 0 Å². The number of hydrogen-bond acceptors (Lipinski definition) is 1. The van der Waals surface area contributed by atoms with Crippen LogP contribution in [0.5, 0.6) is 0 Å². The molecule has 1 amide bonds. The molecule has 1 N–H and O–H groups in total. The summed E-state index contributed by atoms with van der Waals surface area (Å²) in [6, 6.07) is 12.0. The summed E-state index contributed by atoms with van der Waals surface area (Å²) in [7, 11) is 0. The van der Waals surface area contributed by atoms with Gasteiger partial charge in [-0.3, -0.25) is 4.79 Å². The Bertz CT molecular complexity index is 669. The van der Waals surface area contributed by atoms with Crippen LogP contribution in [0.4, 0.5) is 4.39 Å². The van der Waals surface area contributed by atoms with E-state index in [0.29, 0.717) is 5.56 Å². The zero-order valence-electron chi connectivity index (χ0n) is 11.4. The summed E-state index contributed by atoms with van der Waals surface area (Å²) >= 11 is 3.57. The fourth-order valence-corrected chi connectivity index (χ4v) is 3.31. The molecular weight excluding hydrogens is 333 g/mol. The normalized spacial score (nSPS) is 17.1. The number of carbonyl (C=O) groups excluding carboxylic acids is 1. The minimum Gasteiger partial charge on any atom is -0.349 e. The van der Waals surface area contributed by atoms with Crippen molar-refractivity contribution < 1.29 is 9.18 Å². The molecular formula is C17H15BrFNO. The third kappa shape index (κ3) is 3.16. The molecule has 2 aromatic rings. The number of rotatable bonds is 2. The van der Waals surface area contributed by atoms with E-state index < -0.39 is 0 Å². The fraction of sp³-hybridized carbons (Fsp3) is 0.235. The molecule has 0 bridgehead atoms. The van der Waals surface area contributed by atoms with E-state index in [9.17, 15) is 9.18 Å². The van der Waals surface area contributed by atoms with Crippen molar-refractivity contribution >= 4 is 21.8 Å². The average Bonchev–Trinajstić information content (AvgIpc) is 2.49. The minimum atomic E-state index is -0.331. The van der Waals surface area contributed by atoms with Gasteiger partial charge in [-0.2, -0.15) is 0 Å². The van der Waals surface area contributed by atoms with Crippen LogP contribution in [0.2, 0.25) is 0 Å². The van der Waals surface area contributed by atoms with Crippen molar-refractivity contribution in [1.82, 2.24) is 5.32 Å². The van der Waals surface area contributed by atoms with Gasteiger partial charge in [-0.1, -0.05) is 28.1 Å². The molecule has 1 atom stereocenters. The molecule has 0 radical (unpaired) electrons. The standard InChI is InChI=1S/C17H15BrFNO/c18-16-3-1-2-11-6-9-14(10-15(11)16)20-17(21)12-4-7-13(19)8-5-12/h1-5,7-8,14H,6,9-10H2,(H,20,21)/t14-/m0/s1. The molecule has 0 saturated heterocycles. The van der Waals surface area contributed by atoms with E-state index in [1.54, 1.807) is 0 Å². The Balaban J connectivity index is 1.71. The Morgan fingerprint density at radius 2 is 1.95 bits per heavy atom. The Labute approximate surface area is 131 Å². The van der Waals surface area contributed by atoms with Gasteiger partial charge in [-0.05, 0) is 60.7 Å². The molecule has 2 aromatic carbocycles. The summed E-state index contributed by atoms with van der Waals surface area (Å²) in [5.74, 6) is -0.474. The molecule has 1 aliphatic rings. The van der Waals surface area contributed by atoms with E-state index in [1.807, 2.05) is 12.1 Å². The number of amides is 1. The van der Waals surface area contributed by atoms with Crippen molar-refractivity contribution in [1.29, 1.82) is 0 Å². The third-order valence-corrected chi connectivity index (χ3v) is 4.61. The van der Waals surface area contributed by atoms with E-state index >= 15 is 0 Å². The Morgan fingerprint density at radius 1 is 1.19 bits per heavy atom. The van der Waals surface area contributed by atoms with Crippen molar-refractivity contribution in [2.24, 2.45) is 0 Å². The quantitative estimate of drug-likeness (QED) is 0.877. The summed E-state index contributed by atoms with van der Waals surface area (Å²) in [6.07, 6.45) is 2.71. The maximum absolute atomic E-state index is 12.9. The highest BCUT2D eigenvalue weighted by Gasteiger charge is 2.22. The van der Waals surface area contributed by atoms with Crippen LogP contribution in [0.15, 0.2) is 46.9 Å². The van der Waals surface area contributed by atoms with Crippen molar-refractivity contribution in [3.05, 3.63) is 69.4 Å². The molecule has 4 heteroatoms. The van der Waals surface area contributed by atoms with Crippen molar-refractivity contribution in [2.75, 3.05) is 0 Å². The Morgan fingerprint density at radius 3 is 2.71 bits per heavy atom. The van der Waals surface area contributed by atoms with Gasteiger partial charge in [0.05, 0.1) is 0 Å². The van der Waals surface area contributed by atoms with Crippen molar-refractivity contribution in [2.45, 2.75) is 25.3 Å². The molecule has 108 valence electrons. The predicted octanol–water partition coefficient (Wildman–Crippen LogP) is 3.88. The lowest BCUT2D eigenvalue weighted by Crippen LogP contribution is -2.39. The molecule has 1 aliphatic carbocycles. The molecule has 3 rings (SSSR count). The van der Waals surface area contributed by atoms with E-state index in [1.165, 1.54) is 35.4 Å². The van der Waals surface area contributed by atoms with E-state index in [4.69, 9.17) is 0 Å². The third-order valence-electron chi connectivity index (χ3n) is 3.87. The van der Waals surface area contributed by atoms with Crippen LogP contribution in [-0.2, 0) is 12.8 Å². The maximum atomic E-state index is 12.9. The molecule has 0 aromatic heterocycles. The first-order chi connectivity index (χ1) is 10.1. The van der Waals surface area contributed by atoms with Crippen LogP contribution in [0.3, 0.4) is 0 Å². The summed E-state index contributed by atoms with van der Waals surface area (Å²) < 4.78 is 14.0. The van der Waals surface area contributed by atoms with Gasteiger partial charge in [0.25, 0.3) is 5.91 Å². The highest BCUT2D eigenvalue weighted by Crippen LogP contribution is 2.28. The predicted molar refractivity (Wildman–Crippen MR) is 83.8 cm³/mol. The number of benzene rings is 2. The number of aryl methyl sites for hydroxylation is 1. The largest absolute Gasteiger partial charge is 0.349 e. The molecule has 0 heterocycles. The van der Waals surface area contributed by atoms with Gasteiger partial charge in [0.2, 0.25) is 0 Å². The first-order valence-electron chi connectivity index (χ1n) is 6.96. The second-order valence-electron chi connectivity index (χ2n) is 5.30. The second-order valence-corrected chi connectivity index (χ2v) is 6.15. The van der Waals surface area contributed by atoms with Gasteiger partial charge in [0.1, 0.15) is 5.82 Å². The maximum Gasteiger partial charge on any atom is 0.251 e.